The van der Waals surface area contributed by atoms with Crippen LogP contribution in [0.4, 0.5) is 0 Å². The first-order chi connectivity index (χ1) is 13.2. The summed E-state index contributed by atoms with van der Waals surface area (Å²) in [5.74, 6) is -5.93. The van der Waals surface area contributed by atoms with E-state index in [1.54, 1.807) is 0 Å². The number of aliphatic hydroxyl groups is 5. The zero-order chi connectivity index (χ0) is 25.8. The smallest absolute Gasteiger partial charge is 1.00 e. The van der Waals surface area contributed by atoms with Crippen LogP contribution in [0.25, 0.3) is 0 Å². The largest absolute Gasteiger partial charge is 2.00 e. The van der Waals surface area contributed by atoms with E-state index in [9.17, 15) is 24.0 Å². The SMILES string of the molecule is CC(O)C(=O)O.CC(O)C(=O)O.CC(O)C(=O)O.CC(O)C(=O)O.CC(O)C(=O)O.[Ca+2].[Ca+2].[H-].[H-].[H-].[H-]. The Morgan fingerprint density at radius 2 is 0.438 bits per heavy atom. The number of rotatable bonds is 5. The maximum absolute atomic E-state index is 9.45. The summed E-state index contributed by atoms with van der Waals surface area (Å²) in [5, 5.41) is 78.9. The van der Waals surface area contributed by atoms with Crippen molar-refractivity contribution < 1.29 is 80.7 Å². The molecule has 0 heterocycles. The summed E-state index contributed by atoms with van der Waals surface area (Å²) < 4.78 is 0. The Hall–Kier alpha value is -0.331. The summed E-state index contributed by atoms with van der Waals surface area (Å²) in [6, 6.07) is 0. The minimum absolute atomic E-state index is 0. The molecule has 0 amide bonds. The molecule has 5 unspecified atom stereocenters. The van der Waals surface area contributed by atoms with Gasteiger partial charge in [-0.05, 0) is 34.6 Å². The van der Waals surface area contributed by atoms with Gasteiger partial charge in [-0.3, -0.25) is 0 Å². The number of hydrogen-bond acceptors (Lipinski definition) is 10. The van der Waals surface area contributed by atoms with E-state index < -0.39 is 60.4 Å². The summed E-state index contributed by atoms with van der Waals surface area (Å²) in [7, 11) is 0. The molecule has 0 spiro atoms. The minimum Gasteiger partial charge on any atom is -1.00 e. The molecule has 0 aliphatic heterocycles. The molecule has 0 radical (unpaired) electrons. The Balaban J connectivity index is -0.0000000231. The van der Waals surface area contributed by atoms with Crippen LogP contribution >= 0.6 is 0 Å². The van der Waals surface area contributed by atoms with E-state index >= 15 is 0 Å². The second kappa shape index (κ2) is 30.7. The molecule has 0 aliphatic rings. The predicted molar refractivity (Wildman–Crippen MR) is 113 cm³/mol. The summed E-state index contributed by atoms with van der Waals surface area (Å²) >= 11 is 0. The summed E-state index contributed by atoms with van der Waals surface area (Å²) in [6.45, 7) is 5.98. The molecule has 0 rings (SSSR count). The third-order valence-electron chi connectivity index (χ3n) is 1.79. The Morgan fingerprint density at radius 1 is 0.406 bits per heavy atom. The van der Waals surface area contributed by atoms with Crippen LogP contribution in [0.2, 0.25) is 0 Å². The van der Waals surface area contributed by atoms with Gasteiger partial charge in [0.25, 0.3) is 0 Å². The van der Waals surface area contributed by atoms with Gasteiger partial charge in [-0.15, -0.1) is 0 Å². The second-order valence-electron chi connectivity index (χ2n) is 5.07. The summed E-state index contributed by atoms with van der Waals surface area (Å²) in [5.41, 5.74) is 0. The van der Waals surface area contributed by atoms with Crippen molar-refractivity contribution in [3.05, 3.63) is 0 Å². The predicted octanol–water partition coefficient (Wildman–Crippen LogP) is -3.05. The van der Waals surface area contributed by atoms with Gasteiger partial charge in [0.2, 0.25) is 0 Å². The fourth-order valence-electron chi connectivity index (χ4n) is 0. The van der Waals surface area contributed by atoms with Crippen molar-refractivity contribution in [3.63, 3.8) is 0 Å². The van der Waals surface area contributed by atoms with E-state index in [-0.39, 0.29) is 81.2 Å². The fourth-order valence-corrected chi connectivity index (χ4v) is 0. The van der Waals surface area contributed by atoms with E-state index in [0.717, 1.165) is 0 Å². The molecule has 5 atom stereocenters. The Kier molecular flexibility index (Phi) is 46.9. The van der Waals surface area contributed by atoms with Crippen LogP contribution in [-0.4, -0.2) is 187 Å². The van der Waals surface area contributed by atoms with Crippen molar-refractivity contribution >= 4 is 105 Å². The average Bonchev–Trinajstić information content (AvgIpc) is 2.56. The molecule has 0 fully saturated rings. The van der Waals surface area contributed by atoms with E-state index in [1.807, 2.05) is 0 Å². The quantitative estimate of drug-likeness (QED) is 0.157. The molecular weight excluding hydrogens is 500 g/mol. The van der Waals surface area contributed by atoms with Gasteiger partial charge in [0.1, 0.15) is 30.5 Å². The van der Waals surface area contributed by atoms with E-state index in [1.165, 1.54) is 34.6 Å². The van der Waals surface area contributed by atoms with E-state index in [4.69, 9.17) is 51.1 Å². The van der Waals surface area contributed by atoms with Gasteiger partial charge in [-0.25, -0.2) is 24.0 Å². The zero-order valence-electron chi connectivity index (χ0n) is 22.3. The molecule has 0 bridgehead atoms. The van der Waals surface area contributed by atoms with Crippen LogP contribution in [0.3, 0.4) is 0 Å². The molecule has 0 aliphatic carbocycles. The zero-order valence-corrected chi connectivity index (χ0v) is 22.7. The first-order valence-corrected chi connectivity index (χ1v) is 7.76. The number of carbonyl (C=O) groups is 5. The van der Waals surface area contributed by atoms with Gasteiger partial charge in [0.05, 0.1) is 0 Å². The van der Waals surface area contributed by atoms with Crippen molar-refractivity contribution in [2.45, 2.75) is 65.1 Å². The number of aliphatic hydroxyl groups excluding tert-OH is 5. The molecule has 17 heteroatoms. The molecule has 0 aromatic heterocycles. The maximum Gasteiger partial charge on any atom is 2.00 e. The molecular formula is C15H34Ca2O15. The van der Waals surface area contributed by atoms with Gasteiger partial charge in [0, 0.05) is 0 Å². The van der Waals surface area contributed by atoms with E-state index in [0.29, 0.717) is 0 Å². The third-order valence-corrected chi connectivity index (χ3v) is 1.79. The first-order valence-electron chi connectivity index (χ1n) is 7.76. The normalized spacial score (nSPS) is 12.8. The van der Waals surface area contributed by atoms with Crippen molar-refractivity contribution in [1.29, 1.82) is 0 Å². The van der Waals surface area contributed by atoms with Crippen LogP contribution in [0, 0.1) is 0 Å². The third kappa shape index (κ3) is 63.0. The molecule has 10 N–H and O–H groups in total. The minimum atomic E-state index is -1.23. The van der Waals surface area contributed by atoms with Crippen LogP contribution in [0.5, 0.6) is 0 Å². The number of carboxylic acid groups (broad SMARTS) is 5. The molecule has 0 saturated carbocycles. The monoisotopic (exact) mass is 534 g/mol. The average molecular weight is 535 g/mol. The van der Waals surface area contributed by atoms with Gasteiger partial charge >= 0.3 is 105 Å². The standard InChI is InChI=1S/5C3H6O3.2Ca.4H/c5*1-2(4)3(5)6;;;;;;/h5*2,4H,1H3,(H,5,6);;;;;;/q;;;;;2*+2;4*-1. The van der Waals surface area contributed by atoms with Gasteiger partial charge in [-0.1, -0.05) is 0 Å². The summed E-state index contributed by atoms with van der Waals surface area (Å²) in [4.78, 5) is 47.2. The van der Waals surface area contributed by atoms with Crippen molar-refractivity contribution in [2.24, 2.45) is 0 Å². The van der Waals surface area contributed by atoms with Crippen LogP contribution in [0.15, 0.2) is 0 Å². The molecule has 15 nitrogen and oxygen atoms in total. The topological polar surface area (TPSA) is 288 Å². The summed E-state index contributed by atoms with van der Waals surface area (Å²) in [6.07, 6.45) is -6.16. The number of aliphatic carboxylic acids is 5. The maximum atomic E-state index is 9.45. The van der Waals surface area contributed by atoms with Crippen LogP contribution < -0.4 is 0 Å². The van der Waals surface area contributed by atoms with E-state index in [2.05, 4.69) is 0 Å². The Morgan fingerprint density at radius 3 is 0.438 bits per heavy atom. The molecule has 0 aromatic carbocycles. The number of hydrogen-bond donors (Lipinski definition) is 10. The molecule has 0 saturated heterocycles. The Bertz CT molecular complexity index is 419. The molecule has 32 heavy (non-hydrogen) atoms. The first kappa shape index (κ1) is 48.9. The molecule has 0 aromatic rings. The molecule has 188 valence electrons. The van der Waals surface area contributed by atoms with Crippen LogP contribution in [0.1, 0.15) is 40.3 Å². The van der Waals surface area contributed by atoms with Gasteiger partial charge < -0.3 is 56.8 Å². The van der Waals surface area contributed by atoms with Crippen molar-refractivity contribution in [1.82, 2.24) is 0 Å². The fraction of sp³-hybridized carbons (Fsp3) is 0.667. The second-order valence-corrected chi connectivity index (χ2v) is 5.07. The van der Waals surface area contributed by atoms with Crippen LogP contribution in [-0.2, 0) is 24.0 Å². The number of carboxylic acids is 5. The van der Waals surface area contributed by atoms with Gasteiger partial charge in [0.15, 0.2) is 0 Å². The Labute approximate surface area is 249 Å². The van der Waals surface area contributed by atoms with Crippen molar-refractivity contribution in [2.75, 3.05) is 0 Å². The van der Waals surface area contributed by atoms with Crippen molar-refractivity contribution in [3.8, 4) is 0 Å². The van der Waals surface area contributed by atoms with Gasteiger partial charge in [-0.2, -0.15) is 0 Å².